The molecule has 0 bridgehead atoms. The van der Waals surface area contributed by atoms with Gasteiger partial charge in [-0.2, -0.15) is 0 Å². The van der Waals surface area contributed by atoms with E-state index in [1.165, 1.54) is 11.1 Å². The van der Waals surface area contributed by atoms with Crippen LogP contribution in [0.3, 0.4) is 0 Å². The minimum Gasteiger partial charge on any atom is -0.264 e. The maximum absolute atomic E-state index is 4.04. The molecule has 1 aromatic heterocycles. The van der Waals surface area contributed by atoms with E-state index in [-0.39, 0.29) is 0 Å². The zero-order valence-electron chi connectivity index (χ0n) is 6.04. The van der Waals surface area contributed by atoms with Crippen molar-refractivity contribution in [1.29, 1.82) is 0 Å². The fraction of sp³-hybridized carbons (Fsp3) is 0.100. The number of nitrogens with zero attached hydrogens (tertiary/aromatic N) is 1. The van der Waals surface area contributed by atoms with Crippen LogP contribution in [0.5, 0.6) is 0 Å². The highest BCUT2D eigenvalue weighted by molar-refractivity contribution is 5.53. The fourth-order valence-electron chi connectivity index (χ4n) is 1.09. The van der Waals surface area contributed by atoms with Gasteiger partial charge in [-0.15, -0.1) is 0 Å². The molecule has 0 aliphatic heterocycles. The molecule has 0 saturated carbocycles. The van der Waals surface area contributed by atoms with Crippen LogP contribution in [0.1, 0.15) is 11.1 Å². The molecule has 1 nitrogen and oxygen atoms in total. The zero-order valence-corrected chi connectivity index (χ0v) is 6.04. The van der Waals surface area contributed by atoms with Crippen molar-refractivity contribution >= 4 is 6.08 Å². The molecule has 0 fully saturated rings. The van der Waals surface area contributed by atoms with Crippen molar-refractivity contribution in [3.05, 3.63) is 47.1 Å². The van der Waals surface area contributed by atoms with Gasteiger partial charge in [0.1, 0.15) is 0 Å². The highest BCUT2D eigenvalue weighted by Crippen LogP contribution is 2.10. The number of aromatic nitrogens is 1. The maximum Gasteiger partial charge on any atom is 0.0309 e. The van der Waals surface area contributed by atoms with Gasteiger partial charge in [0.2, 0.25) is 0 Å². The summed E-state index contributed by atoms with van der Waals surface area (Å²) in [5, 5.41) is 0. The molecule has 1 aromatic rings. The Morgan fingerprint density at radius 1 is 1.36 bits per heavy atom. The van der Waals surface area contributed by atoms with Gasteiger partial charge in [0.05, 0.1) is 0 Å². The minimum absolute atomic E-state index is 0.909. The lowest BCUT2D eigenvalue weighted by Crippen LogP contribution is -1.86. The molecule has 0 spiro atoms. The molecule has 0 saturated heterocycles. The Bertz CT molecular complexity index is 364. The van der Waals surface area contributed by atoms with E-state index in [1.54, 1.807) is 6.20 Å². The Morgan fingerprint density at radius 2 is 2.36 bits per heavy atom. The van der Waals surface area contributed by atoms with Crippen LogP contribution in [0.15, 0.2) is 36.0 Å². The van der Waals surface area contributed by atoms with Gasteiger partial charge in [0.25, 0.3) is 0 Å². The van der Waals surface area contributed by atoms with Crippen LogP contribution in [0.4, 0.5) is 0 Å². The van der Waals surface area contributed by atoms with E-state index in [0.717, 1.165) is 6.42 Å². The average molecular weight is 141 g/mol. The van der Waals surface area contributed by atoms with Gasteiger partial charge in [-0.3, -0.25) is 4.98 Å². The summed E-state index contributed by atoms with van der Waals surface area (Å²) in [5.41, 5.74) is 8.32. The van der Waals surface area contributed by atoms with Crippen LogP contribution in [0, 0.1) is 0 Å². The molecule has 1 heteroatoms. The molecule has 0 aromatic carbocycles. The van der Waals surface area contributed by atoms with Gasteiger partial charge in [0.15, 0.2) is 0 Å². The molecular formula is C10H7N. The summed E-state index contributed by atoms with van der Waals surface area (Å²) >= 11 is 0. The van der Waals surface area contributed by atoms with Crippen molar-refractivity contribution in [2.45, 2.75) is 6.42 Å². The quantitative estimate of drug-likeness (QED) is 0.503. The van der Waals surface area contributed by atoms with Crippen molar-refractivity contribution in [2.24, 2.45) is 0 Å². The second-order valence-electron chi connectivity index (χ2n) is 2.42. The van der Waals surface area contributed by atoms with Gasteiger partial charge in [-0.25, -0.2) is 0 Å². The molecule has 0 radical (unpaired) electrons. The Balaban J connectivity index is 2.63. The molecule has 2 rings (SSSR count). The molecule has 1 aliphatic carbocycles. The van der Waals surface area contributed by atoms with Gasteiger partial charge in [-0.05, 0) is 29.3 Å². The van der Waals surface area contributed by atoms with Crippen molar-refractivity contribution in [3.8, 4) is 0 Å². The van der Waals surface area contributed by atoms with Gasteiger partial charge in [-0.1, -0.05) is 11.5 Å². The van der Waals surface area contributed by atoms with Crippen LogP contribution in [0.25, 0.3) is 6.08 Å². The number of fused-ring (bicyclic) bond motifs is 1. The van der Waals surface area contributed by atoms with Crippen molar-refractivity contribution in [1.82, 2.24) is 4.98 Å². The largest absolute Gasteiger partial charge is 0.264 e. The van der Waals surface area contributed by atoms with Crippen molar-refractivity contribution < 1.29 is 0 Å². The Kier molecular flexibility index (Phi) is 1.46. The van der Waals surface area contributed by atoms with Crippen LogP contribution in [0.2, 0.25) is 0 Å². The van der Waals surface area contributed by atoms with E-state index in [1.807, 2.05) is 24.4 Å². The molecule has 1 heterocycles. The molecule has 0 atom stereocenters. The molecule has 1 aliphatic rings. The monoisotopic (exact) mass is 141 g/mol. The number of rotatable bonds is 0. The maximum atomic E-state index is 4.04. The smallest absolute Gasteiger partial charge is 0.0309 e. The minimum atomic E-state index is 0.909. The average Bonchev–Trinajstić information content (AvgIpc) is 2.28. The van der Waals surface area contributed by atoms with E-state index in [4.69, 9.17) is 0 Å². The fourth-order valence-corrected chi connectivity index (χ4v) is 1.09. The van der Waals surface area contributed by atoms with Gasteiger partial charge in [0, 0.05) is 18.8 Å². The summed E-state index contributed by atoms with van der Waals surface area (Å²) in [6, 6.07) is 1.99. The summed E-state index contributed by atoms with van der Waals surface area (Å²) in [7, 11) is 0. The van der Waals surface area contributed by atoms with Crippen LogP contribution in [-0.2, 0) is 6.42 Å². The van der Waals surface area contributed by atoms with E-state index < -0.39 is 0 Å². The summed E-state index contributed by atoms with van der Waals surface area (Å²) in [6.07, 6.45) is 8.48. The zero-order chi connectivity index (χ0) is 7.52. The number of pyridine rings is 1. The third-order valence-electron chi connectivity index (χ3n) is 1.68. The Labute approximate surface area is 65.4 Å². The summed E-state index contributed by atoms with van der Waals surface area (Å²) in [6.45, 7) is 0. The lowest BCUT2D eigenvalue weighted by Gasteiger charge is -1.97. The highest BCUT2D eigenvalue weighted by Gasteiger charge is 1.97. The van der Waals surface area contributed by atoms with Gasteiger partial charge >= 0.3 is 0 Å². The SMILES string of the molecule is C1=C=Cc2ccncc2CC=1. The predicted octanol–water partition coefficient (Wildman–Crippen LogP) is 1.96. The molecular weight excluding hydrogens is 134 g/mol. The summed E-state index contributed by atoms with van der Waals surface area (Å²) in [5.74, 6) is 0. The molecule has 0 N–H and O–H groups in total. The van der Waals surface area contributed by atoms with Crippen LogP contribution in [-0.4, -0.2) is 4.98 Å². The topological polar surface area (TPSA) is 12.9 Å². The third-order valence-corrected chi connectivity index (χ3v) is 1.68. The lowest BCUT2D eigenvalue weighted by molar-refractivity contribution is 1.18. The van der Waals surface area contributed by atoms with E-state index in [2.05, 4.69) is 16.4 Å². The van der Waals surface area contributed by atoms with E-state index >= 15 is 0 Å². The first kappa shape index (κ1) is 6.18. The van der Waals surface area contributed by atoms with Crippen LogP contribution < -0.4 is 0 Å². The first-order chi connectivity index (χ1) is 5.47. The Hall–Kier alpha value is -1.55. The summed E-state index contributed by atoms with van der Waals surface area (Å²) < 4.78 is 0. The van der Waals surface area contributed by atoms with Crippen LogP contribution >= 0.6 is 0 Å². The first-order valence-electron chi connectivity index (χ1n) is 3.55. The molecule has 11 heavy (non-hydrogen) atoms. The molecule has 52 valence electrons. The normalized spacial score (nSPS) is 12.7. The van der Waals surface area contributed by atoms with Gasteiger partial charge < -0.3 is 0 Å². The van der Waals surface area contributed by atoms with Crippen molar-refractivity contribution in [3.63, 3.8) is 0 Å². The number of allylic oxidation sites excluding steroid dienone is 1. The number of hydrogen-bond acceptors (Lipinski definition) is 1. The molecule has 0 unspecified atom stereocenters. The summed E-state index contributed by atoms with van der Waals surface area (Å²) in [4.78, 5) is 4.04. The highest BCUT2D eigenvalue weighted by atomic mass is 14.6. The Morgan fingerprint density at radius 3 is 3.36 bits per heavy atom. The second kappa shape index (κ2) is 2.59. The third kappa shape index (κ3) is 1.15. The van der Waals surface area contributed by atoms with Crippen molar-refractivity contribution in [2.75, 3.05) is 0 Å². The number of hydrogen-bond donors (Lipinski definition) is 0. The van der Waals surface area contributed by atoms with E-state index in [9.17, 15) is 0 Å². The standard InChI is InChI=1S/C10H7N/c1-2-4-9-6-7-11-8-10(9)5-3-1/h3-4,6-8H,5H2. The van der Waals surface area contributed by atoms with E-state index in [0.29, 0.717) is 0 Å². The second-order valence-corrected chi connectivity index (χ2v) is 2.42. The molecule has 0 amide bonds. The lowest BCUT2D eigenvalue weighted by atomic mass is 10.1. The predicted molar refractivity (Wildman–Crippen MR) is 44.0 cm³/mol. The first-order valence-corrected chi connectivity index (χ1v) is 3.55.